The number of hydrogen-bond acceptors (Lipinski definition) is 4. The highest BCUT2D eigenvalue weighted by Gasteiger charge is 2.34. The molecule has 1 saturated heterocycles. The van der Waals surface area contributed by atoms with Gasteiger partial charge >= 0.3 is 6.18 Å². The molecule has 1 aliphatic carbocycles. The van der Waals surface area contributed by atoms with Gasteiger partial charge in [-0.3, -0.25) is 14.6 Å². The molecule has 1 amide bonds. The Kier molecular flexibility index (Phi) is 4.24. The fourth-order valence-corrected chi connectivity index (χ4v) is 3.54. The predicted octanol–water partition coefficient (Wildman–Crippen LogP) is 1.92. The van der Waals surface area contributed by atoms with Gasteiger partial charge in [0.1, 0.15) is 5.69 Å². The number of aromatic nitrogens is 3. The van der Waals surface area contributed by atoms with E-state index < -0.39 is 11.9 Å². The van der Waals surface area contributed by atoms with E-state index in [2.05, 4.69) is 10.1 Å². The maximum absolute atomic E-state index is 12.5. The number of aryl methyl sites for hydroxylation is 2. The Morgan fingerprint density at radius 2 is 2.00 bits per heavy atom. The van der Waals surface area contributed by atoms with E-state index in [4.69, 9.17) is 0 Å². The van der Waals surface area contributed by atoms with Crippen molar-refractivity contribution < 1.29 is 18.0 Å². The second-order valence-corrected chi connectivity index (χ2v) is 7.00. The molecule has 0 radical (unpaired) electrons. The molecule has 4 rings (SSSR count). The summed E-state index contributed by atoms with van der Waals surface area (Å²) in [5.74, 6) is -0.261. The van der Waals surface area contributed by atoms with Gasteiger partial charge in [-0.25, -0.2) is 4.68 Å². The van der Waals surface area contributed by atoms with Crippen LogP contribution in [-0.2, 0) is 25.6 Å². The number of alkyl halides is 3. The Labute approximate surface area is 152 Å². The Bertz CT molecular complexity index is 931. The van der Waals surface area contributed by atoms with Crippen molar-refractivity contribution in [1.82, 2.24) is 19.7 Å². The van der Waals surface area contributed by atoms with E-state index in [1.165, 1.54) is 9.58 Å². The van der Waals surface area contributed by atoms with E-state index in [0.717, 1.165) is 48.8 Å². The van der Waals surface area contributed by atoms with Crippen LogP contribution in [0.25, 0.3) is 0 Å². The fourth-order valence-electron chi connectivity index (χ4n) is 3.54. The van der Waals surface area contributed by atoms with E-state index in [1.54, 1.807) is 6.07 Å². The molecule has 0 aromatic carbocycles. The number of carbonyl (C=O) groups excluding carboxylic acids is 1. The Morgan fingerprint density at radius 3 is 2.67 bits per heavy atom. The van der Waals surface area contributed by atoms with E-state index in [1.807, 2.05) is 0 Å². The van der Waals surface area contributed by atoms with Crippen LogP contribution < -0.4 is 5.56 Å². The lowest BCUT2D eigenvalue weighted by molar-refractivity contribution is -0.141. The lowest BCUT2D eigenvalue weighted by Gasteiger charge is -2.39. The number of nitrogens with zero attached hydrogens (tertiary/aromatic N) is 4. The summed E-state index contributed by atoms with van der Waals surface area (Å²) in [7, 11) is 0. The highest BCUT2D eigenvalue weighted by Crippen LogP contribution is 2.28. The van der Waals surface area contributed by atoms with Crippen molar-refractivity contribution in [2.24, 2.45) is 5.92 Å². The molecular weight excluding hydrogens is 361 g/mol. The Morgan fingerprint density at radius 1 is 1.22 bits per heavy atom. The second kappa shape index (κ2) is 6.47. The van der Waals surface area contributed by atoms with Crippen LogP contribution >= 0.6 is 0 Å². The molecular formula is C18H17F3N4O2. The molecule has 0 bridgehead atoms. The highest BCUT2D eigenvalue weighted by atomic mass is 19.4. The number of hydrogen-bond donors (Lipinski definition) is 0. The van der Waals surface area contributed by atoms with Crippen molar-refractivity contribution in [2.75, 3.05) is 13.1 Å². The van der Waals surface area contributed by atoms with Crippen molar-refractivity contribution in [2.45, 2.75) is 32.0 Å². The van der Waals surface area contributed by atoms with Crippen molar-refractivity contribution in [3.63, 3.8) is 0 Å². The Hall–Kier alpha value is -2.71. The van der Waals surface area contributed by atoms with E-state index >= 15 is 0 Å². The zero-order valence-corrected chi connectivity index (χ0v) is 14.4. The molecule has 9 heteroatoms. The first-order valence-corrected chi connectivity index (χ1v) is 8.74. The van der Waals surface area contributed by atoms with Gasteiger partial charge < -0.3 is 4.90 Å². The third-order valence-electron chi connectivity index (χ3n) is 5.00. The molecule has 6 nitrogen and oxygen atoms in total. The van der Waals surface area contributed by atoms with Crippen LogP contribution in [0.4, 0.5) is 13.2 Å². The molecule has 0 unspecified atom stereocenters. The Balaban J connectivity index is 1.37. The van der Waals surface area contributed by atoms with Crippen LogP contribution in [0.5, 0.6) is 0 Å². The molecule has 0 atom stereocenters. The first-order chi connectivity index (χ1) is 12.8. The van der Waals surface area contributed by atoms with Gasteiger partial charge in [-0.1, -0.05) is 0 Å². The monoisotopic (exact) mass is 378 g/mol. The molecule has 2 aliphatic rings. The quantitative estimate of drug-likeness (QED) is 0.818. The van der Waals surface area contributed by atoms with Crippen molar-refractivity contribution >= 4 is 5.91 Å². The van der Waals surface area contributed by atoms with Crippen molar-refractivity contribution in [3.05, 3.63) is 57.3 Å². The minimum atomic E-state index is -4.53. The molecule has 1 aliphatic heterocycles. The molecule has 3 heterocycles. The average molecular weight is 378 g/mol. The van der Waals surface area contributed by atoms with Crippen molar-refractivity contribution in [1.29, 1.82) is 0 Å². The topological polar surface area (TPSA) is 68.1 Å². The maximum Gasteiger partial charge on any atom is 0.433 e. The largest absolute Gasteiger partial charge is 0.433 e. The minimum absolute atomic E-state index is 0.0982. The van der Waals surface area contributed by atoms with E-state index in [-0.39, 0.29) is 22.9 Å². The number of rotatable bonds is 3. The summed E-state index contributed by atoms with van der Waals surface area (Å²) in [6.45, 7) is 1.30. The first-order valence-electron chi connectivity index (χ1n) is 8.74. The maximum atomic E-state index is 12.5. The number of halogens is 3. The molecule has 2 aromatic rings. The van der Waals surface area contributed by atoms with Gasteiger partial charge in [-0.2, -0.15) is 18.3 Å². The lowest BCUT2D eigenvalue weighted by atomic mass is 9.99. The lowest BCUT2D eigenvalue weighted by Crippen LogP contribution is -2.52. The zero-order chi connectivity index (χ0) is 19.2. The predicted molar refractivity (Wildman–Crippen MR) is 89.2 cm³/mol. The van der Waals surface area contributed by atoms with Crippen LogP contribution in [0.2, 0.25) is 0 Å². The van der Waals surface area contributed by atoms with E-state index in [9.17, 15) is 22.8 Å². The van der Waals surface area contributed by atoms with Crippen molar-refractivity contribution in [3.8, 4) is 0 Å². The van der Waals surface area contributed by atoms with Gasteiger partial charge in [0.15, 0.2) is 0 Å². The summed E-state index contributed by atoms with van der Waals surface area (Å²) >= 11 is 0. The summed E-state index contributed by atoms with van der Waals surface area (Å²) in [5.41, 5.74) is 0.957. The molecule has 0 spiro atoms. The van der Waals surface area contributed by atoms with Crippen LogP contribution in [0.15, 0.2) is 29.2 Å². The zero-order valence-electron chi connectivity index (χ0n) is 14.4. The van der Waals surface area contributed by atoms with Crippen LogP contribution in [-0.4, -0.2) is 38.7 Å². The van der Waals surface area contributed by atoms with Crippen LogP contribution in [0, 0.1) is 5.92 Å². The fraction of sp³-hybridized carbons (Fsp3) is 0.444. The molecule has 0 saturated carbocycles. The number of likely N-dealkylation sites (tertiary alicyclic amines) is 1. The summed E-state index contributed by atoms with van der Waals surface area (Å²) in [6, 6.07) is 3.58. The summed E-state index contributed by atoms with van der Waals surface area (Å²) in [5, 5.41) is 4.42. The summed E-state index contributed by atoms with van der Waals surface area (Å²) < 4.78 is 39.1. The number of amides is 1. The van der Waals surface area contributed by atoms with Gasteiger partial charge in [0.25, 0.3) is 11.5 Å². The molecule has 27 heavy (non-hydrogen) atoms. The van der Waals surface area contributed by atoms with Crippen LogP contribution in [0.3, 0.4) is 0 Å². The van der Waals surface area contributed by atoms with Gasteiger partial charge in [0, 0.05) is 31.3 Å². The minimum Gasteiger partial charge on any atom is -0.338 e. The summed E-state index contributed by atoms with van der Waals surface area (Å²) in [6.07, 6.45) is -0.791. The van der Waals surface area contributed by atoms with Crippen LogP contribution in [0.1, 0.15) is 33.7 Å². The van der Waals surface area contributed by atoms with Gasteiger partial charge in [0.2, 0.25) is 0 Å². The number of carbonyl (C=O) groups is 1. The van der Waals surface area contributed by atoms with Gasteiger partial charge in [0.05, 0.1) is 17.8 Å². The molecule has 1 fully saturated rings. The molecule has 142 valence electrons. The highest BCUT2D eigenvalue weighted by molar-refractivity contribution is 5.94. The second-order valence-electron chi connectivity index (χ2n) is 7.00. The standard InChI is InChI=1S/C18H17F3N4O2/c19-18(20,21)15-5-4-13(7-22-15)17(27)24-8-11(9-24)10-25-16(26)6-12-2-1-3-14(12)23-25/h4-7,11H,1-3,8-10H2. The van der Waals surface area contributed by atoms with Gasteiger partial charge in [-0.15, -0.1) is 0 Å². The third-order valence-corrected chi connectivity index (χ3v) is 5.00. The normalized spacial score (nSPS) is 16.9. The SMILES string of the molecule is O=C(c1ccc(C(F)(F)F)nc1)N1CC(Cn2nc3c(cc2=O)CCC3)C1. The smallest absolute Gasteiger partial charge is 0.338 e. The summed E-state index contributed by atoms with van der Waals surface area (Å²) in [4.78, 5) is 29.3. The average Bonchev–Trinajstić information content (AvgIpc) is 3.03. The molecule has 2 aromatic heterocycles. The third kappa shape index (κ3) is 3.45. The number of pyridine rings is 1. The number of fused-ring (bicyclic) bond motifs is 1. The van der Waals surface area contributed by atoms with E-state index in [0.29, 0.717) is 19.6 Å². The van der Waals surface area contributed by atoms with Gasteiger partial charge in [-0.05, 0) is 37.0 Å². The first kappa shape index (κ1) is 17.7. The molecule has 0 N–H and O–H groups in total.